The van der Waals surface area contributed by atoms with Crippen LogP contribution >= 0.6 is 0 Å². The van der Waals surface area contributed by atoms with Gasteiger partial charge in [0.1, 0.15) is 0 Å². The summed E-state index contributed by atoms with van der Waals surface area (Å²) in [5, 5.41) is 5.22. The summed E-state index contributed by atoms with van der Waals surface area (Å²) in [5.41, 5.74) is 0.342. The number of hydrogen-bond acceptors (Lipinski definition) is 5. The van der Waals surface area contributed by atoms with Gasteiger partial charge in [-0.25, -0.2) is 8.42 Å². The van der Waals surface area contributed by atoms with Crippen LogP contribution in [0.1, 0.15) is 20.9 Å². The van der Waals surface area contributed by atoms with Gasteiger partial charge in [-0.05, 0) is 36.4 Å². The van der Waals surface area contributed by atoms with Gasteiger partial charge < -0.3 is 15.1 Å². The van der Waals surface area contributed by atoms with Gasteiger partial charge in [0.25, 0.3) is 11.8 Å². The van der Waals surface area contributed by atoms with Crippen LogP contribution in [0.2, 0.25) is 0 Å². The van der Waals surface area contributed by atoms with Crippen LogP contribution in [0.15, 0.2) is 52.0 Å². The average Bonchev–Trinajstić information content (AvgIpc) is 3.05. The number of nitrogens with one attached hydrogen (secondary N) is 2. The zero-order chi connectivity index (χ0) is 16.9. The van der Waals surface area contributed by atoms with Crippen LogP contribution in [-0.4, -0.2) is 39.6 Å². The van der Waals surface area contributed by atoms with Crippen molar-refractivity contribution in [1.29, 1.82) is 0 Å². The molecule has 0 atom stereocenters. The lowest BCUT2D eigenvalue weighted by molar-refractivity contribution is 0.0910. The molecule has 0 aliphatic heterocycles. The highest BCUT2D eigenvalue weighted by Crippen LogP contribution is 2.10. The largest absolute Gasteiger partial charge is 0.459 e. The van der Waals surface area contributed by atoms with E-state index in [1.807, 2.05) is 0 Å². The van der Waals surface area contributed by atoms with Crippen molar-refractivity contribution in [3.63, 3.8) is 0 Å². The van der Waals surface area contributed by atoms with E-state index in [0.29, 0.717) is 5.56 Å². The molecule has 23 heavy (non-hydrogen) atoms. The predicted molar refractivity (Wildman–Crippen MR) is 82.9 cm³/mol. The van der Waals surface area contributed by atoms with Gasteiger partial charge in [0.05, 0.1) is 11.2 Å². The molecule has 2 N–H and O–H groups in total. The maximum absolute atomic E-state index is 11.9. The maximum atomic E-state index is 11.9. The van der Waals surface area contributed by atoms with E-state index in [9.17, 15) is 18.0 Å². The molecule has 0 saturated heterocycles. The summed E-state index contributed by atoms with van der Waals surface area (Å²) in [4.78, 5) is 23.6. The van der Waals surface area contributed by atoms with E-state index in [2.05, 4.69) is 10.6 Å². The Kier molecular flexibility index (Phi) is 5.17. The smallest absolute Gasteiger partial charge is 0.287 e. The van der Waals surface area contributed by atoms with Crippen LogP contribution in [0.5, 0.6) is 0 Å². The summed E-state index contributed by atoms with van der Waals surface area (Å²) in [7, 11) is -3.29. The summed E-state index contributed by atoms with van der Waals surface area (Å²) in [5.74, 6) is -0.508. The van der Waals surface area contributed by atoms with E-state index in [1.165, 1.54) is 36.6 Å². The molecule has 2 aromatic rings. The fourth-order valence-corrected chi connectivity index (χ4v) is 2.43. The van der Waals surface area contributed by atoms with Gasteiger partial charge in [0.2, 0.25) is 0 Å². The Morgan fingerprint density at radius 1 is 1.00 bits per heavy atom. The third-order valence-electron chi connectivity index (χ3n) is 2.99. The van der Waals surface area contributed by atoms with Crippen LogP contribution in [0.3, 0.4) is 0 Å². The number of rotatable bonds is 6. The average molecular weight is 336 g/mol. The van der Waals surface area contributed by atoms with Crippen molar-refractivity contribution in [2.24, 2.45) is 0 Å². The molecule has 7 nitrogen and oxygen atoms in total. The van der Waals surface area contributed by atoms with E-state index in [-0.39, 0.29) is 35.6 Å². The van der Waals surface area contributed by atoms with Gasteiger partial charge in [0, 0.05) is 24.9 Å². The number of amides is 2. The number of furan rings is 1. The highest BCUT2D eigenvalue weighted by atomic mass is 32.2. The van der Waals surface area contributed by atoms with E-state index in [4.69, 9.17) is 4.42 Å². The van der Waals surface area contributed by atoms with Crippen molar-refractivity contribution in [3.8, 4) is 0 Å². The van der Waals surface area contributed by atoms with Crippen molar-refractivity contribution >= 4 is 21.7 Å². The first-order chi connectivity index (χ1) is 10.9. The monoisotopic (exact) mass is 336 g/mol. The lowest BCUT2D eigenvalue weighted by Crippen LogP contribution is -2.34. The molecule has 122 valence electrons. The Morgan fingerprint density at radius 3 is 2.13 bits per heavy atom. The second-order valence-corrected chi connectivity index (χ2v) is 6.80. The summed E-state index contributed by atoms with van der Waals surface area (Å²) >= 11 is 0. The van der Waals surface area contributed by atoms with Crippen LogP contribution in [0.25, 0.3) is 0 Å². The second kappa shape index (κ2) is 7.10. The number of benzene rings is 1. The first-order valence-electron chi connectivity index (χ1n) is 6.78. The SMILES string of the molecule is CS(=O)(=O)c1ccc(C(=O)NCCNC(=O)c2ccco2)cc1. The quantitative estimate of drug-likeness (QED) is 0.761. The van der Waals surface area contributed by atoms with Crippen LogP contribution < -0.4 is 10.6 Å². The van der Waals surface area contributed by atoms with Crippen LogP contribution in [0, 0.1) is 0 Å². The molecule has 1 aromatic heterocycles. The highest BCUT2D eigenvalue weighted by molar-refractivity contribution is 7.90. The fourth-order valence-electron chi connectivity index (χ4n) is 1.80. The lowest BCUT2D eigenvalue weighted by Gasteiger charge is -2.07. The summed E-state index contributed by atoms with van der Waals surface area (Å²) in [6.45, 7) is 0.478. The maximum Gasteiger partial charge on any atom is 0.287 e. The molecular formula is C15H16N2O5S. The number of sulfone groups is 1. The molecule has 0 bridgehead atoms. The Balaban J connectivity index is 1.80. The van der Waals surface area contributed by atoms with Crippen LogP contribution in [0.4, 0.5) is 0 Å². The molecular weight excluding hydrogens is 320 g/mol. The number of carbonyl (C=O) groups excluding carboxylic acids is 2. The van der Waals surface area contributed by atoms with Crippen molar-refractivity contribution in [3.05, 3.63) is 54.0 Å². The van der Waals surface area contributed by atoms with Crippen molar-refractivity contribution < 1.29 is 22.4 Å². The first kappa shape index (κ1) is 16.8. The molecule has 0 spiro atoms. The lowest BCUT2D eigenvalue weighted by atomic mass is 10.2. The van der Waals surface area contributed by atoms with E-state index in [1.54, 1.807) is 6.07 Å². The minimum atomic E-state index is -3.29. The molecule has 0 unspecified atom stereocenters. The minimum Gasteiger partial charge on any atom is -0.459 e. The number of hydrogen-bond donors (Lipinski definition) is 2. The molecule has 0 saturated carbocycles. The van der Waals surface area contributed by atoms with E-state index < -0.39 is 9.84 Å². The number of carbonyl (C=O) groups is 2. The fraction of sp³-hybridized carbons (Fsp3) is 0.200. The molecule has 8 heteroatoms. The third-order valence-corrected chi connectivity index (χ3v) is 4.11. The molecule has 1 heterocycles. The second-order valence-electron chi connectivity index (χ2n) is 4.79. The van der Waals surface area contributed by atoms with Gasteiger partial charge in [-0.3, -0.25) is 9.59 Å². The minimum absolute atomic E-state index is 0.153. The Labute approximate surface area is 133 Å². The summed E-state index contributed by atoms with van der Waals surface area (Å²) < 4.78 is 27.6. The molecule has 2 rings (SSSR count). The molecule has 0 radical (unpaired) electrons. The van der Waals surface area contributed by atoms with E-state index in [0.717, 1.165) is 6.26 Å². The predicted octanol–water partition coefficient (Wildman–Crippen LogP) is 0.843. The molecule has 2 amide bonds. The zero-order valence-electron chi connectivity index (χ0n) is 12.4. The third kappa shape index (κ3) is 4.68. The standard InChI is InChI=1S/C15H16N2O5S/c1-23(20,21)12-6-4-11(5-7-12)14(18)16-8-9-17-15(19)13-3-2-10-22-13/h2-7,10H,8-9H2,1H3,(H,16,18)(H,17,19). The van der Waals surface area contributed by atoms with Gasteiger partial charge >= 0.3 is 0 Å². The summed E-state index contributed by atoms with van der Waals surface area (Å²) in [6, 6.07) is 8.78. The Hall–Kier alpha value is -2.61. The van der Waals surface area contributed by atoms with Gasteiger partial charge in [-0.1, -0.05) is 0 Å². The van der Waals surface area contributed by atoms with Crippen LogP contribution in [-0.2, 0) is 9.84 Å². The zero-order valence-corrected chi connectivity index (χ0v) is 13.2. The molecule has 0 aliphatic carbocycles. The van der Waals surface area contributed by atoms with Crippen molar-refractivity contribution in [1.82, 2.24) is 10.6 Å². The van der Waals surface area contributed by atoms with E-state index >= 15 is 0 Å². The Bertz CT molecular complexity index is 780. The van der Waals surface area contributed by atoms with Gasteiger partial charge in [-0.2, -0.15) is 0 Å². The van der Waals surface area contributed by atoms with Gasteiger partial charge in [0.15, 0.2) is 15.6 Å². The van der Waals surface area contributed by atoms with Gasteiger partial charge in [-0.15, -0.1) is 0 Å². The Morgan fingerprint density at radius 2 is 1.61 bits per heavy atom. The molecule has 0 fully saturated rings. The normalized spacial score (nSPS) is 11.0. The molecule has 0 aliphatic rings. The van der Waals surface area contributed by atoms with Crippen molar-refractivity contribution in [2.75, 3.05) is 19.3 Å². The first-order valence-corrected chi connectivity index (χ1v) is 8.67. The molecule has 1 aromatic carbocycles. The highest BCUT2D eigenvalue weighted by Gasteiger charge is 2.10. The summed E-state index contributed by atoms with van der Waals surface area (Å²) in [6.07, 6.45) is 2.50. The topological polar surface area (TPSA) is 105 Å². The van der Waals surface area contributed by atoms with Crippen molar-refractivity contribution in [2.45, 2.75) is 4.90 Å².